The molecule has 0 aliphatic carbocycles. The summed E-state index contributed by atoms with van der Waals surface area (Å²) in [6, 6.07) is 17.3. The Morgan fingerprint density at radius 2 is 1.79 bits per heavy atom. The molecule has 2 aromatic rings. The maximum Gasteiger partial charge on any atom is 0.158 e. The number of benzene rings is 2. The Kier molecular flexibility index (Phi) is 5.99. The zero-order valence-corrected chi connectivity index (χ0v) is 13.6. The Balaban J connectivity index is 1.65. The molecule has 0 bridgehead atoms. The highest BCUT2D eigenvalue weighted by Crippen LogP contribution is 2.28. The molecular formula is C20H22O4. The number of hydrogen-bond acceptors (Lipinski definition) is 4. The monoisotopic (exact) mass is 326 g/mol. The minimum Gasteiger partial charge on any atom is -0.457 e. The van der Waals surface area contributed by atoms with Crippen molar-refractivity contribution in [2.45, 2.75) is 38.1 Å². The fraction of sp³-hybridized carbons (Fsp3) is 0.350. The molecular weight excluding hydrogens is 304 g/mol. The molecule has 3 rings (SSSR count). The van der Waals surface area contributed by atoms with E-state index in [0.29, 0.717) is 6.42 Å². The van der Waals surface area contributed by atoms with Crippen LogP contribution in [0.1, 0.15) is 37.4 Å². The van der Waals surface area contributed by atoms with Gasteiger partial charge in [-0.2, -0.15) is 0 Å². The van der Waals surface area contributed by atoms with E-state index in [0.717, 1.165) is 49.2 Å². The highest BCUT2D eigenvalue weighted by molar-refractivity contribution is 5.51. The lowest BCUT2D eigenvalue weighted by Gasteiger charge is -2.27. The van der Waals surface area contributed by atoms with Crippen molar-refractivity contribution in [1.82, 2.24) is 0 Å². The maximum atomic E-state index is 11.0. The normalized spacial score (nSPS) is 18.8. The van der Waals surface area contributed by atoms with Gasteiger partial charge in [-0.05, 0) is 49.1 Å². The second-order valence-corrected chi connectivity index (χ2v) is 5.81. The molecule has 1 aliphatic heterocycles. The van der Waals surface area contributed by atoms with Crippen LogP contribution in [0.15, 0.2) is 54.6 Å². The number of ether oxygens (including phenoxy) is 3. The zero-order valence-electron chi connectivity index (χ0n) is 13.6. The van der Waals surface area contributed by atoms with E-state index in [-0.39, 0.29) is 12.4 Å². The van der Waals surface area contributed by atoms with Gasteiger partial charge in [-0.15, -0.1) is 0 Å². The molecule has 0 amide bonds. The molecule has 0 radical (unpaired) electrons. The average Bonchev–Trinajstić information content (AvgIpc) is 2.64. The average molecular weight is 326 g/mol. The van der Waals surface area contributed by atoms with E-state index in [1.807, 2.05) is 54.6 Å². The van der Waals surface area contributed by atoms with Crippen LogP contribution in [-0.4, -0.2) is 19.2 Å². The van der Waals surface area contributed by atoms with Gasteiger partial charge in [0.2, 0.25) is 0 Å². The van der Waals surface area contributed by atoms with Gasteiger partial charge in [0.25, 0.3) is 0 Å². The number of para-hydroxylation sites is 1. The van der Waals surface area contributed by atoms with Crippen molar-refractivity contribution in [2.24, 2.45) is 0 Å². The molecule has 0 aromatic heterocycles. The molecule has 126 valence electrons. The molecule has 0 N–H and O–H groups in total. The standard InChI is InChI=1S/C20H22O4/c21-14-13-19(24-20-8-4-5-15-22-20)16-9-11-18(12-10-16)23-17-6-2-1-3-7-17/h1-3,6-7,9-12,14,19-20H,4-5,8,13,15H2/t19-,20?/m0/s1. The van der Waals surface area contributed by atoms with Crippen LogP contribution < -0.4 is 4.74 Å². The van der Waals surface area contributed by atoms with Crippen LogP contribution in [0, 0.1) is 0 Å². The predicted octanol–water partition coefficient (Wildman–Crippen LogP) is 4.65. The first-order valence-electron chi connectivity index (χ1n) is 8.39. The summed E-state index contributed by atoms with van der Waals surface area (Å²) >= 11 is 0. The van der Waals surface area contributed by atoms with E-state index in [1.54, 1.807) is 0 Å². The van der Waals surface area contributed by atoms with Crippen LogP contribution in [0.25, 0.3) is 0 Å². The molecule has 2 aromatic carbocycles. The molecule has 1 fully saturated rings. The van der Waals surface area contributed by atoms with Crippen molar-refractivity contribution >= 4 is 6.29 Å². The summed E-state index contributed by atoms with van der Waals surface area (Å²) in [7, 11) is 0. The second-order valence-electron chi connectivity index (χ2n) is 5.81. The SMILES string of the molecule is O=CC[C@H](OC1CCCCO1)c1ccc(Oc2ccccc2)cc1. The zero-order chi connectivity index (χ0) is 16.6. The third-order valence-electron chi connectivity index (χ3n) is 4.00. The van der Waals surface area contributed by atoms with Gasteiger partial charge in [-0.3, -0.25) is 0 Å². The molecule has 1 heterocycles. The molecule has 1 saturated heterocycles. The van der Waals surface area contributed by atoms with Crippen LogP contribution >= 0.6 is 0 Å². The van der Waals surface area contributed by atoms with Gasteiger partial charge in [0, 0.05) is 13.0 Å². The number of carbonyl (C=O) groups excluding carboxylic acids is 1. The molecule has 2 atom stereocenters. The Labute approximate surface area is 142 Å². The smallest absolute Gasteiger partial charge is 0.158 e. The third kappa shape index (κ3) is 4.66. The molecule has 4 nitrogen and oxygen atoms in total. The minimum absolute atomic E-state index is 0.219. The van der Waals surface area contributed by atoms with Crippen LogP contribution in [0.2, 0.25) is 0 Å². The molecule has 0 spiro atoms. The van der Waals surface area contributed by atoms with Crippen molar-refractivity contribution in [2.75, 3.05) is 6.61 Å². The molecule has 0 saturated carbocycles. The first kappa shape index (κ1) is 16.7. The summed E-state index contributed by atoms with van der Waals surface area (Å²) < 4.78 is 17.4. The Hall–Kier alpha value is -2.17. The van der Waals surface area contributed by atoms with Crippen LogP contribution in [0.4, 0.5) is 0 Å². The quantitative estimate of drug-likeness (QED) is 0.695. The Bertz CT molecular complexity index is 618. The summed E-state index contributed by atoms with van der Waals surface area (Å²) in [5.41, 5.74) is 0.955. The van der Waals surface area contributed by atoms with Crippen molar-refractivity contribution in [3.8, 4) is 11.5 Å². The number of aldehydes is 1. The lowest BCUT2D eigenvalue weighted by molar-refractivity contribution is -0.190. The van der Waals surface area contributed by atoms with E-state index in [9.17, 15) is 4.79 Å². The fourth-order valence-corrected chi connectivity index (χ4v) is 2.73. The van der Waals surface area contributed by atoms with E-state index in [2.05, 4.69) is 0 Å². The van der Waals surface area contributed by atoms with Crippen LogP contribution in [-0.2, 0) is 14.3 Å². The van der Waals surface area contributed by atoms with Crippen LogP contribution in [0.5, 0.6) is 11.5 Å². The van der Waals surface area contributed by atoms with Gasteiger partial charge >= 0.3 is 0 Å². The summed E-state index contributed by atoms with van der Waals surface area (Å²) in [5, 5.41) is 0. The predicted molar refractivity (Wildman–Crippen MR) is 91.1 cm³/mol. The van der Waals surface area contributed by atoms with Crippen molar-refractivity contribution in [3.05, 3.63) is 60.2 Å². The van der Waals surface area contributed by atoms with Gasteiger partial charge in [-0.25, -0.2) is 0 Å². The summed E-state index contributed by atoms with van der Waals surface area (Å²) in [5.74, 6) is 1.55. The number of rotatable bonds is 7. The summed E-state index contributed by atoms with van der Waals surface area (Å²) in [6.45, 7) is 0.725. The fourth-order valence-electron chi connectivity index (χ4n) is 2.73. The highest BCUT2D eigenvalue weighted by atomic mass is 16.7. The lowest BCUT2D eigenvalue weighted by atomic mass is 10.1. The van der Waals surface area contributed by atoms with Crippen molar-refractivity contribution in [3.63, 3.8) is 0 Å². The third-order valence-corrected chi connectivity index (χ3v) is 4.00. The van der Waals surface area contributed by atoms with Gasteiger partial charge in [-0.1, -0.05) is 30.3 Å². The summed E-state index contributed by atoms with van der Waals surface area (Å²) in [4.78, 5) is 11.0. The van der Waals surface area contributed by atoms with E-state index >= 15 is 0 Å². The second kappa shape index (κ2) is 8.62. The van der Waals surface area contributed by atoms with Crippen molar-refractivity contribution < 1.29 is 19.0 Å². The molecule has 1 aliphatic rings. The lowest BCUT2D eigenvalue weighted by Crippen LogP contribution is -2.24. The van der Waals surface area contributed by atoms with Gasteiger partial charge in [0.05, 0.1) is 6.10 Å². The van der Waals surface area contributed by atoms with E-state index < -0.39 is 0 Å². The first-order valence-corrected chi connectivity index (χ1v) is 8.39. The molecule has 24 heavy (non-hydrogen) atoms. The minimum atomic E-state index is -0.281. The topological polar surface area (TPSA) is 44.8 Å². The van der Waals surface area contributed by atoms with E-state index in [1.165, 1.54) is 0 Å². The number of carbonyl (C=O) groups is 1. The van der Waals surface area contributed by atoms with Crippen molar-refractivity contribution in [1.29, 1.82) is 0 Å². The largest absolute Gasteiger partial charge is 0.457 e. The highest BCUT2D eigenvalue weighted by Gasteiger charge is 2.21. The number of hydrogen-bond donors (Lipinski definition) is 0. The maximum absolute atomic E-state index is 11.0. The molecule has 1 unspecified atom stereocenters. The van der Waals surface area contributed by atoms with Gasteiger partial charge in [0.1, 0.15) is 17.8 Å². The first-order chi connectivity index (χ1) is 11.8. The Morgan fingerprint density at radius 3 is 2.46 bits per heavy atom. The van der Waals surface area contributed by atoms with Gasteiger partial charge < -0.3 is 19.0 Å². The van der Waals surface area contributed by atoms with Crippen LogP contribution in [0.3, 0.4) is 0 Å². The summed E-state index contributed by atoms with van der Waals surface area (Å²) in [6.07, 6.45) is 3.76. The Morgan fingerprint density at radius 1 is 1.04 bits per heavy atom. The van der Waals surface area contributed by atoms with Gasteiger partial charge in [0.15, 0.2) is 6.29 Å². The van der Waals surface area contributed by atoms with E-state index in [4.69, 9.17) is 14.2 Å². The molecule has 4 heteroatoms.